The van der Waals surface area contributed by atoms with Crippen LogP contribution < -0.4 is 34.5 Å². The highest BCUT2D eigenvalue weighted by Gasteiger charge is 2.50. The number of nitrogens with zero attached hydrogens (tertiary/aromatic N) is 4. The summed E-state index contributed by atoms with van der Waals surface area (Å²) < 4.78 is 55.2. The van der Waals surface area contributed by atoms with Gasteiger partial charge in [0.25, 0.3) is 27.5 Å². The van der Waals surface area contributed by atoms with Crippen molar-refractivity contribution in [2.75, 3.05) is 62.8 Å². The van der Waals surface area contributed by atoms with E-state index in [1.54, 1.807) is 24.4 Å². The first-order valence-corrected chi connectivity index (χ1v) is 27.9. The number of carbonyl (C=O) groups excluding carboxylic acids is 1. The predicted molar refractivity (Wildman–Crippen MR) is 280 cm³/mol. The average molecular weight is 1030 g/mol. The van der Waals surface area contributed by atoms with Gasteiger partial charge in [0, 0.05) is 67.2 Å². The van der Waals surface area contributed by atoms with Crippen LogP contribution in [0.4, 0.5) is 17.1 Å². The number of anilines is 2. The van der Waals surface area contributed by atoms with Gasteiger partial charge in [-0.2, -0.15) is 4.98 Å². The summed E-state index contributed by atoms with van der Waals surface area (Å²) in [4.78, 5) is 38.8. The number of aromatic amines is 1. The van der Waals surface area contributed by atoms with Crippen LogP contribution in [0.3, 0.4) is 0 Å². The van der Waals surface area contributed by atoms with Gasteiger partial charge >= 0.3 is 0 Å². The third-order valence-electron chi connectivity index (χ3n) is 16.8. The van der Waals surface area contributed by atoms with E-state index < -0.39 is 37.0 Å². The molecule has 5 N–H and O–H groups in total. The fourth-order valence-electron chi connectivity index (χ4n) is 12.5. The lowest BCUT2D eigenvalue weighted by atomic mass is 9.59. The minimum Gasteiger partial charge on any atom is -0.489 e. The fraction of sp³-hybridized carbons (Fsp3) is 0.527. The quantitative estimate of drug-likeness (QED) is 0.0519. The Morgan fingerprint density at radius 1 is 1.00 bits per heavy atom. The highest BCUT2D eigenvalue weighted by atomic mass is 32.2. The maximum absolute atomic E-state index is 14.5. The van der Waals surface area contributed by atoms with Crippen molar-refractivity contribution in [1.29, 1.82) is 0 Å². The number of aromatic nitrogens is 2. The zero-order chi connectivity index (χ0) is 51.4. The van der Waals surface area contributed by atoms with Crippen LogP contribution in [-0.4, -0.2) is 116 Å². The largest absolute Gasteiger partial charge is 0.489 e. The van der Waals surface area contributed by atoms with Crippen LogP contribution in [0, 0.1) is 21.4 Å². The van der Waals surface area contributed by atoms with Crippen LogP contribution in [0.25, 0.3) is 11.0 Å². The molecule has 0 bridgehead atoms. The number of benzene rings is 3. The number of rotatable bonds is 14. The number of piperidine rings is 1. The molecule has 2 aliphatic carbocycles. The van der Waals surface area contributed by atoms with Gasteiger partial charge in [0.05, 0.1) is 46.3 Å². The van der Waals surface area contributed by atoms with Gasteiger partial charge in [0.2, 0.25) is 0 Å². The lowest BCUT2D eigenvalue weighted by Crippen LogP contribution is -2.54. The molecular formula is C55H68N8O10S. The molecule has 18 nitrogen and oxygen atoms in total. The molecule has 6 heterocycles. The number of ether oxygens (including phenoxy) is 4. The van der Waals surface area contributed by atoms with Crippen molar-refractivity contribution < 1.29 is 42.2 Å². The summed E-state index contributed by atoms with van der Waals surface area (Å²) in [5.74, 6) is -0.00159. The van der Waals surface area contributed by atoms with E-state index in [0.29, 0.717) is 69.1 Å². The number of likely N-dealkylation sites (tertiary alicyclic amines) is 1. The Balaban J connectivity index is 0.843. The van der Waals surface area contributed by atoms with Crippen molar-refractivity contribution in [3.05, 3.63) is 99.7 Å². The smallest absolute Gasteiger partial charge is 0.297 e. The van der Waals surface area contributed by atoms with Gasteiger partial charge in [-0.1, -0.05) is 38.1 Å². The van der Waals surface area contributed by atoms with E-state index in [4.69, 9.17) is 23.9 Å². The third kappa shape index (κ3) is 10.2. The van der Waals surface area contributed by atoms with Gasteiger partial charge in [0.1, 0.15) is 24.6 Å². The number of H-pyrrole nitrogens is 1. The van der Waals surface area contributed by atoms with Crippen molar-refractivity contribution in [2.24, 2.45) is 11.3 Å². The lowest BCUT2D eigenvalue weighted by molar-refractivity contribution is -0.384. The summed E-state index contributed by atoms with van der Waals surface area (Å²) in [5, 5.41) is 30.4. The van der Waals surface area contributed by atoms with Crippen LogP contribution in [0.15, 0.2) is 77.8 Å². The molecule has 6 aliphatic rings. The minimum atomic E-state index is -4.73. The molecule has 394 valence electrons. The molecule has 1 amide bonds. The van der Waals surface area contributed by atoms with Crippen molar-refractivity contribution in [1.82, 2.24) is 24.9 Å². The second kappa shape index (κ2) is 20.3. The summed E-state index contributed by atoms with van der Waals surface area (Å²) in [6.45, 7) is 11.2. The maximum atomic E-state index is 14.5. The van der Waals surface area contributed by atoms with E-state index in [1.807, 2.05) is 19.1 Å². The summed E-state index contributed by atoms with van der Waals surface area (Å²) in [6, 6.07) is 20.5. The number of fused-ring (bicyclic) bond motifs is 2. The molecule has 5 aromatic rings. The van der Waals surface area contributed by atoms with Crippen LogP contribution in [0.2, 0.25) is 0 Å². The van der Waals surface area contributed by atoms with E-state index in [2.05, 4.69) is 68.3 Å². The highest BCUT2D eigenvalue weighted by molar-refractivity contribution is 7.90. The monoisotopic (exact) mass is 1030 g/mol. The van der Waals surface area contributed by atoms with Crippen molar-refractivity contribution in [3.8, 4) is 23.1 Å². The molecule has 4 aliphatic heterocycles. The van der Waals surface area contributed by atoms with Gasteiger partial charge in [-0.15, -0.1) is 0 Å². The zero-order valence-corrected chi connectivity index (χ0v) is 43.3. The number of pyridine rings is 1. The number of nitro benzene ring substituents is 1. The Kier molecular flexibility index (Phi) is 13.7. The number of nitrogens with one attached hydrogen (secondary N) is 4. The topological polar surface area (TPSA) is 223 Å². The number of carbonyl (C=O) groups is 1. The van der Waals surface area contributed by atoms with E-state index in [0.717, 1.165) is 49.6 Å². The van der Waals surface area contributed by atoms with Crippen LogP contribution in [0.5, 0.6) is 23.1 Å². The number of sulfonamides is 1. The molecule has 3 aromatic carbocycles. The summed E-state index contributed by atoms with van der Waals surface area (Å²) in [5.41, 5.74) is 3.29. The molecule has 0 radical (unpaired) electrons. The lowest BCUT2D eigenvalue weighted by Gasteiger charge is -2.56. The number of amides is 1. The number of aliphatic hydroxyl groups is 1. The van der Waals surface area contributed by atoms with E-state index in [1.165, 1.54) is 42.9 Å². The summed E-state index contributed by atoms with van der Waals surface area (Å²) >= 11 is 0. The zero-order valence-electron chi connectivity index (χ0n) is 42.4. The molecule has 0 unspecified atom stereocenters. The molecule has 1 spiro atoms. The third-order valence-corrected chi connectivity index (χ3v) is 18.1. The Labute approximate surface area is 432 Å². The second-order valence-corrected chi connectivity index (χ2v) is 23.8. The standard InChI is InChI=1S/C55H68N8O10S/c1-34(2)41-7-4-5-8-42(41)45-9-6-21-62(45)39-29-55(30-39)17-22-61(23-18-55)38-10-11-43(47(26-38)73-49-25-36-14-19-57-51(36)59-53(49)72-32-37-31-70-24-20-56-37)52(64)60-74(68,69)40-27-46(63(66)67)50-48(28-40)71-33-44(58-50)35-12-15-54(3,65)16-13-35/h4-5,7-8,10-11,14,19,25-28,34-35,37,39,44-45,56,58,65H,6,9,12-13,15-18,20-24,29-33H2,1-3H3,(H,57,59)(H,60,64)/t35?,37-,44-,45+,54?/m1/s1. The first-order chi connectivity index (χ1) is 35.6. The number of nitro groups is 1. The SMILES string of the molecule is CC(C)c1ccccc1[C@@H]1CCCN1C1CC2(CCN(c3ccc(C(=O)NS(=O)(=O)c4cc5c(c([N+](=O)[O-])c4)N[C@@H](C4CCC(C)(O)CC4)CO5)c(Oc4cc5cc[nH]c5nc4OC[C@H]4COCCN4)c3)CC2)C1. The predicted octanol–water partition coefficient (Wildman–Crippen LogP) is 8.57. The van der Waals surface area contributed by atoms with Crippen LogP contribution in [0.1, 0.15) is 118 Å². The van der Waals surface area contributed by atoms with Gasteiger partial charge in [0.15, 0.2) is 17.2 Å². The van der Waals surface area contributed by atoms with E-state index >= 15 is 0 Å². The number of hydrogen-bond donors (Lipinski definition) is 5. The first-order valence-electron chi connectivity index (χ1n) is 26.5. The Morgan fingerprint density at radius 2 is 1.80 bits per heavy atom. The van der Waals surface area contributed by atoms with E-state index in [9.17, 15) is 28.4 Å². The molecule has 5 fully saturated rings. The number of hydrogen-bond acceptors (Lipinski definition) is 15. The van der Waals surface area contributed by atoms with Crippen molar-refractivity contribution in [2.45, 2.75) is 126 Å². The minimum absolute atomic E-state index is 0.0111. The Morgan fingerprint density at radius 3 is 2.55 bits per heavy atom. The van der Waals surface area contributed by atoms with Crippen LogP contribution >= 0.6 is 0 Å². The van der Waals surface area contributed by atoms with Crippen LogP contribution in [-0.2, 0) is 14.8 Å². The molecule has 2 aromatic heterocycles. The van der Waals surface area contributed by atoms with Gasteiger partial charge in [-0.25, -0.2) is 13.1 Å². The van der Waals surface area contributed by atoms with Crippen molar-refractivity contribution >= 4 is 44.0 Å². The molecule has 19 heteroatoms. The Bertz CT molecular complexity index is 3000. The van der Waals surface area contributed by atoms with Crippen molar-refractivity contribution in [3.63, 3.8) is 0 Å². The number of morpholine rings is 1. The van der Waals surface area contributed by atoms with Gasteiger partial charge < -0.3 is 44.6 Å². The molecular weight excluding hydrogens is 965 g/mol. The van der Waals surface area contributed by atoms with Gasteiger partial charge in [-0.3, -0.25) is 19.8 Å². The summed E-state index contributed by atoms with van der Waals surface area (Å²) in [6.07, 6.45) is 11.1. The molecule has 3 atom stereocenters. The molecule has 11 rings (SSSR count). The summed E-state index contributed by atoms with van der Waals surface area (Å²) in [7, 11) is -4.73. The Hall–Kier alpha value is -5.99. The second-order valence-electron chi connectivity index (χ2n) is 22.2. The maximum Gasteiger partial charge on any atom is 0.297 e. The average Bonchev–Trinajstić information content (AvgIpc) is 4.07. The molecule has 2 saturated carbocycles. The highest BCUT2D eigenvalue weighted by Crippen LogP contribution is 2.54. The van der Waals surface area contributed by atoms with Gasteiger partial charge in [-0.05, 0) is 130 Å². The van der Waals surface area contributed by atoms with E-state index in [-0.39, 0.29) is 71.0 Å². The molecule has 3 saturated heterocycles. The first kappa shape index (κ1) is 50.2. The fourth-order valence-corrected chi connectivity index (χ4v) is 13.5. The normalized spacial score (nSPS) is 25.2. The molecule has 74 heavy (non-hydrogen) atoms.